The van der Waals surface area contributed by atoms with Crippen molar-refractivity contribution < 1.29 is 37.1 Å². The highest BCUT2D eigenvalue weighted by atomic mass is 32.2. The van der Waals surface area contributed by atoms with Crippen LogP contribution in [0.15, 0.2) is 61.2 Å². The summed E-state index contributed by atoms with van der Waals surface area (Å²) < 4.78 is 41.0. The van der Waals surface area contributed by atoms with Gasteiger partial charge in [-0.2, -0.15) is 0 Å². The zero-order valence-corrected chi connectivity index (χ0v) is 37.0. The molecule has 3 aliphatic carbocycles. The highest BCUT2D eigenvalue weighted by molar-refractivity contribution is 7.91. The third-order valence-electron chi connectivity index (χ3n) is 14.4. The minimum absolute atomic E-state index is 0.0371. The number of amides is 5. The zero-order valence-electron chi connectivity index (χ0n) is 36.2. The molecule has 15 heteroatoms. The Kier molecular flexibility index (Phi) is 12.2. The number of hydrogen-bond acceptors (Lipinski definition) is 9. The Morgan fingerprint density at radius 3 is 2.46 bits per heavy atom. The lowest BCUT2D eigenvalue weighted by Gasteiger charge is -2.38. The molecule has 63 heavy (non-hydrogen) atoms. The number of nitrogens with one attached hydrogen (secondary N) is 3. The third-order valence-corrected chi connectivity index (χ3v) is 16.2. The normalized spacial score (nSPS) is 28.2. The van der Waals surface area contributed by atoms with Crippen LogP contribution >= 0.6 is 0 Å². The Labute approximate surface area is 370 Å². The van der Waals surface area contributed by atoms with E-state index in [2.05, 4.69) is 28.0 Å². The minimum Gasteiger partial charge on any atom is -0.496 e. The third kappa shape index (κ3) is 8.99. The lowest BCUT2D eigenvalue weighted by Crippen LogP contribution is -2.60. The maximum Gasteiger partial charge on any atom is 0.318 e. The average molecular weight is 881 g/mol. The van der Waals surface area contributed by atoms with E-state index in [-0.39, 0.29) is 37.2 Å². The van der Waals surface area contributed by atoms with Gasteiger partial charge in [0.2, 0.25) is 21.8 Å². The number of piperidine rings is 1. The number of carbonyl (C=O) groups excluding carboxylic acids is 4. The van der Waals surface area contributed by atoms with Gasteiger partial charge in [0.15, 0.2) is 0 Å². The molecule has 5 fully saturated rings. The number of ether oxygens (including phenoxy) is 2. The molecule has 4 heterocycles. The van der Waals surface area contributed by atoms with Gasteiger partial charge < -0.3 is 29.9 Å². The molecule has 5 amide bonds. The molecule has 3 aliphatic heterocycles. The number of methoxy groups -OCH3 is 1. The summed E-state index contributed by atoms with van der Waals surface area (Å²) in [5.41, 5.74) is 1.74. The van der Waals surface area contributed by atoms with Gasteiger partial charge in [-0.15, -0.1) is 6.58 Å². The lowest BCUT2D eigenvalue weighted by atomic mass is 9.83. The molecule has 3 aromatic rings. The monoisotopic (exact) mass is 880 g/mol. The number of aryl methyl sites for hydroxylation is 1. The van der Waals surface area contributed by atoms with Crippen LogP contribution in [0, 0.1) is 17.8 Å². The van der Waals surface area contributed by atoms with Gasteiger partial charge in [-0.05, 0) is 87.7 Å². The molecule has 0 spiro atoms. The van der Waals surface area contributed by atoms with Gasteiger partial charge in [0.1, 0.15) is 35.2 Å². The lowest BCUT2D eigenvalue weighted by molar-refractivity contribution is -0.142. The van der Waals surface area contributed by atoms with Crippen LogP contribution in [0.1, 0.15) is 95.5 Å². The van der Waals surface area contributed by atoms with Crippen molar-refractivity contribution in [3.05, 3.63) is 66.7 Å². The molecule has 1 unspecified atom stereocenters. The average Bonchev–Trinajstić information content (AvgIpc) is 4.23. The van der Waals surface area contributed by atoms with Crippen molar-refractivity contribution in [2.24, 2.45) is 17.8 Å². The molecule has 14 nitrogen and oxygen atoms in total. The van der Waals surface area contributed by atoms with Crippen LogP contribution in [0.4, 0.5) is 4.79 Å². The SMILES string of the molecule is C=CC1C[C@]1(NC(=O)[C@@H]1C[C@@H]2CN1C(=O)[C@H](C1CCCCC1)NC(=O)N1CCC[C@@H](CCCCc3cc4c(cc(-c5ccccc5)nc4cc3OC)O2)C1)C(=O)NS(=O)(=O)C1CC1. The van der Waals surface area contributed by atoms with Gasteiger partial charge in [-0.25, -0.2) is 18.2 Å². The van der Waals surface area contributed by atoms with Crippen LogP contribution in [0.5, 0.6) is 11.5 Å². The second kappa shape index (κ2) is 17.8. The molecule has 3 saturated carbocycles. The second-order valence-corrected chi connectivity index (χ2v) is 20.7. The van der Waals surface area contributed by atoms with Gasteiger partial charge in [0.05, 0.1) is 30.1 Å². The topological polar surface area (TPSA) is 176 Å². The van der Waals surface area contributed by atoms with E-state index in [1.54, 1.807) is 13.2 Å². The van der Waals surface area contributed by atoms with E-state index in [9.17, 15) is 22.8 Å². The number of rotatable bonds is 9. The second-order valence-electron chi connectivity index (χ2n) is 18.7. The summed E-state index contributed by atoms with van der Waals surface area (Å²) in [6.07, 6.45) is 12.1. The highest BCUT2D eigenvalue weighted by Crippen LogP contribution is 2.46. The van der Waals surface area contributed by atoms with E-state index in [1.165, 1.54) is 4.90 Å². The number of nitrogens with zero attached hydrogens (tertiary/aromatic N) is 3. The number of hydrogen-bond donors (Lipinski definition) is 3. The van der Waals surface area contributed by atoms with Gasteiger partial charge in [0.25, 0.3) is 5.91 Å². The Morgan fingerprint density at radius 2 is 1.73 bits per heavy atom. The summed E-state index contributed by atoms with van der Waals surface area (Å²) in [7, 11) is -2.24. The zero-order chi connectivity index (χ0) is 43.9. The summed E-state index contributed by atoms with van der Waals surface area (Å²) in [5, 5.41) is 6.27. The van der Waals surface area contributed by atoms with E-state index in [4.69, 9.17) is 14.5 Å². The Bertz CT molecular complexity index is 2370. The Balaban J connectivity index is 1.11. The summed E-state index contributed by atoms with van der Waals surface area (Å²) in [6.45, 7) is 5.12. The van der Waals surface area contributed by atoms with E-state index in [0.717, 1.165) is 92.9 Å². The number of fused-ring (bicyclic) bond motifs is 5. The van der Waals surface area contributed by atoms with Gasteiger partial charge >= 0.3 is 6.03 Å². The van der Waals surface area contributed by atoms with E-state index >= 15 is 4.79 Å². The van der Waals surface area contributed by atoms with E-state index in [1.807, 2.05) is 47.4 Å². The summed E-state index contributed by atoms with van der Waals surface area (Å²) in [4.78, 5) is 66.6. The molecule has 0 radical (unpaired) electrons. The molecule has 1 aromatic heterocycles. The fourth-order valence-electron chi connectivity index (χ4n) is 10.6. The molecular formula is C48H60N6O8S. The summed E-state index contributed by atoms with van der Waals surface area (Å²) >= 11 is 0. The predicted octanol–water partition coefficient (Wildman–Crippen LogP) is 6.02. The van der Waals surface area contributed by atoms with Crippen molar-refractivity contribution in [2.75, 3.05) is 26.7 Å². The van der Waals surface area contributed by atoms with E-state index in [0.29, 0.717) is 48.8 Å². The maximum atomic E-state index is 15.3. The van der Waals surface area contributed by atoms with Crippen molar-refractivity contribution in [2.45, 2.75) is 125 Å². The first-order valence-corrected chi connectivity index (χ1v) is 24.6. The maximum absolute atomic E-state index is 15.3. The van der Waals surface area contributed by atoms with E-state index < -0.39 is 56.7 Å². The minimum atomic E-state index is -3.91. The van der Waals surface area contributed by atoms with Crippen molar-refractivity contribution >= 4 is 44.7 Å². The van der Waals surface area contributed by atoms with Crippen molar-refractivity contribution in [1.29, 1.82) is 0 Å². The smallest absolute Gasteiger partial charge is 0.318 e. The fourth-order valence-corrected chi connectivity index (χ4v) is 11.9. The summed E-state index contributed by atoms with van der Waals surface area (Å²) in [5.74, 6) is -0.771. The molecular weight excluding hydrogens is 821 g/mol. The van der Waals surface area contributed by atoms with Gasteiger partial charge in [0, 0.05) is 48.5 Å². The molecule has 2 aromatic carbocycles. The quantitative estimate of drug-likeness (QED) is 0.217. The highest BCUT2D eigenvalue weighted by Gasteiger charge is 2.62. The predicted molar refractivity (Wildman–Crippen MR) is 238 cm³/mol. The largest absolute Gasteiger partial charge is 0.496 e. The summed E-state index contributed by atoms with van der Waals surface area (Å²) in [6, 6.07) is 13.5. The van der Waals surface area contributed by atoms with Gasteiger partial charge in [-0.3, -0.25) is 19.1 Å². The van der Waals surface area contributed by atoms with Crippen molar-refractivity contribution in [1.82, 2.24) is 30.1 Å². The first-order chi connectivity index (χ1) is 30.5. The van der Waals surface area contributed by atoms with Crippen molar-refractivity contribution in [3.8, 4) is 22.8 Å². The molecule has 3 N–H and O–H groups in total. The number of benzene rings is 2. The first-order valence-electron chi connectivity index (χ1n) is 23.1. The molecule has 6 atom stereocenters. The molecule has 6 aliphatic rings. The standard InChI is InChI=1S/C48H60N6O8S/c1-3-34-27-48(34,46(57)52-63(59,60)36-20-21-36)51-44(55)40-24-35-29-54(40)45(56)43(32-17-8-5-9-18-32)50-47(58)53-22-12-14-30(28-53)13-10-11-19-33-23-37-39(26-41(33)61-2)49-38(25-42(37)62-35)31-15-6-4-7-16-31/h3-4,6-7,15-16,23,25-26,30,32,34-36,40,43H,1,5,8-14,17-22,24,27-29H2,2H3,(H,50,58)(H,51,55)(H,52,57)/t30-,34?,35-,40+,43+,48-/m1/s1. The Hall–Kier alpha value is -5.18. The van der Waals surface area contributed by atoms with Crippen LogP contribution in [0.2, 0.25) is 0 Å². The van der Waals surface area contributed by atoms with Crippen molar-refractivity contribution in [3.63, 3.8) is 0 Å². The van der Waals surface area contributed by atoms with Crippen LogP contribution in [-0.4, -0.2) is 103 Å². The molecule has 2 saturated heterocycles. The van der Waals surface area contributed by atoms with Gasteiger partial charge in [-0.1, -0.05) is 62.1 Å². The van der Waals surface area contributed by atoms with Crippen LogP contribution in [0.3, 0.4) is 0 Å². The fraction of sp³-hybridized carbons (Fsp3) is 0.562. The first kappa shape index (κ1) is 43.1. The number of aromatic nitrogens is 1. The Morgan fingerprint density at radius 1 is 0.968 bits per heavy atom. The number of sulfonamides is 1. The van der Waals surface area contributed by atoms with Crippen LogP contribution in [-0.2, 0) is 30.8 Å². The van der Waals surface area contributed by atoms with Crippen LogP contribution < -0.4 is 24.8 Å². The molecule has 9 rings (SSSR count). The molecule has 6 bridgehead atoms. The van der Waals surface area contributed by atoms with Crippen LogP contribution in [0.25, 0.3) is 22.2 Å². The number of pyridine rings is 1. The number of urea groups is 1. The molecule has 336 valence electrons. The number of carbonyl (C=O) groups is 4.